The Morgan fingerprint density at radius 1 is 0.929 bits per heavy atom. The van der Waals surface area contributed by atoms with E-state index in [9.17, 15) is 13.5 Å². The first kappa shape index (κ1) is 18.7. The maximum absolute atomic E-state index is 12.8. The van der Waals surface area contributed by atoms with Crippen LogP contribution in [0.2, 0.25) is 0 Å². The highest BCUT2D eigenvalue weighted by atomic mass is 32.2. The highest BCUT2D eigenvalue weighted by Crippen LogP contribution is 2.36. The number of nitrogens with zero attached hydrogens (tertiary/aromatic N) is 3. The van der Waals surface area contributed by atoms with Gasteiger partial charge in [0.2, 0.25) is 10.0 Å². The SMILES string of the molecule is O=S(=O)(c1cccc(Nc2nsnc2Nc2ccccc2)c1O)N1CCCC1. The van der Waals surface area contributed by atoms with Crippen molar-refractivity contribution in [1.29, 1.82) is 0 Å². The topological polar surface area (TPSA) is 107 Å². The summed E-state index contributed by atoms with van der Waals surface area (Å²) in [5, 5.41) is 16.8. The number of para-hydroxylation sites is 2. The molecule has 0 amide bonds. The summed E-state index contributed by atoms with van der Waals surface area (Å²) in [6.45, 7) is 0.946. The summed E-state index contributed by atoms with van der Waals surface area (Å²) in [6.07, 6.45) is 1.66. The second kappa shape index (κ2) is 7.74. The fourth-order valence-electron chi connectivity index (χ4n) is 3.04. The summed E-state index contributed by atoms with van der Waals surface area (Å²) in [4.78, 5) is -0.111. The number of sulfonamides is 1. The molecular weight excluding hydrogens is 398 g/mol. The van der Waals surface area contributed by atoms with E-state index in [4.69, 9.17) is 0 Å². The largest absolute Gasteiger partial charge is 0.504 e. The van der Waals surface area contributed by atoms with E-state index < -0.39 is 10.0 Å². The molecule has 0 unspecified atom stereocenters. The molecule has 28 heavy (non-hydrogen) atoms. The predicted octanol–water partition coefficient (Wildman–Crippen LogP) is 3.52. The molecule has 0 saturated carbocycles. The number of benzene rings is 2. The molecule has 1 saturated heterocycles. The van der Waals surface area contributed by atoms with Crippen LogP contribution in [0.25, 0.3) is 0 Å². The highest BCUT2D eigenvalue weighted by molar-refractivity contribution is 7.89. The number of phenolic OH excluding ortho intramolecular Hbond substituents is 1. The number of rotatable bonds is 6. The van der Waals surface area contributed by atoms with Crippen LogP contribution in [0.1, 0.15) is 12.8 Å². The Labute approximate surface area is 167 Å². The molecule has 8 nitrogen and oxygen atoms in total. The molecule has 2 aromatic carbocycles. The van der Waals surface area contributed by atoms with Gasteiger partial charge in [0.1, 0.15) is 4.90 Å². The number of aromatic nitrogens is 2. The fourth-order valence-corrected chi connectivity index (χ4v) is 5.13. The quantitative estimate of drug-likeness (QED) is 0.527. The zero-order valence-corrected chi connectivity index (χ0v) is 16.5. The van der Waals surface area contributed by atoms with Crippen LogP contribution in [-0.4, -0.2) is 39.7 Å². The van der Waals surface area contributed by atoms with Crippen molar-refractivity contribution >= 4 is 44.8 Å². The molecule has 146 valence electrons. The molecule has 1 fully saturated rings. The van der Waals surface area contributed by atoms with E-state index in [-0.39, 0.29) is 16.3 Å². The van der Waals surface area contributed by atoms with E-state index in [0.29, 0.717) is 24.7 Å². The van der Waals surface area contributed by atoms with E-state index in [2.05, 4.69) is 19.4 Å². The van der Waals surface area contributed by atoms with Crippen LogP contribution >= 0.6 is 11.7 Å². The van der Waals surface area contributed by atoms with E-state index in [0.717, 1.165) is 30.3 Å². The van der Waals surface area contributed by atoms with Crippen molar-refractivity contribution in [1.82, 2.24) is 13.1 Å². The number of aromatic hydroxyl groups is 1. The van der Waals surface area contributed by atoms with Gasteiger partial charge in [0.15, 0.2) is 17.4 Å². The van der Waals surface area contributed by atoms with Crippen molar-refractivity contribution in [2.24, 2.45) is 0 Å². The van der Waals surface area contributed by atoms with Crippen LogP contribution in [0.4, 0.5) is 23.0 Å². The van der Waals surface area contributed by atoms with E-state index >= 15 is 0 Å². The lowest BCUT2D eigenvalue weighted by atomic mass is 10.3. The molecule has 2 heterocycles. The third kappa shape index (κ3) is 3.66. The molecule has 1 aromatic heterocycles. The summed E-state index contributed by atoms with van der Waals surface area (Å²) < 4.78 is 35.5. The number of nitrogens with one attached hydrogen (secondary N) is 2. The van der Waals surface area contributed by atoms with Gasteiger partial charge >= 0.3 is 0 Å². The van der Waals surface area contributed by atoms with Gasteiger partial charge in [0.05, 0.1) is 17.4 Å². The van der Waals surface area contributed by atoms with Crippen molar-refractivity contribution in [2.75, 3.05) is 23.7 Å². The van der Waals surface area contributed by atoms with Gasteiger partial charge in [-0.25, -0.2) is 8.42 Å². The Kier molecular flexibility index (Phi) is 5.16. The van der Waals surface area contributed by atoms with Crippen LogP contribution in [0.3, 0.4) is 0 Å². The summed E-state index contributed by atoms with van der Waals surface area (Å²) >= 11 is 1.01. The molecule has 3 N–H and O–H groups in total. The minimum atomic E-state index is -3.74. The molecule has 1 aliphatic rings. The van der Waals surface area contributed by atoms with Crippen molar-refractivity contribution in [3.63, 3.8) is 0 Å². The second-order valence-electron chi connectivity index (χ2n) is 6.34. The number of anilines is 4. The van der Waals surface area contributed by atoms with Crippen LogP contribution in [0.5, 0.6) is 5.75 Å². The van der Waals surface area contributed by atoms with Crippen LogP contribution in [0.15, 0.2) is 53.4 Å². The van der Waals surface area contributed by atoms with Crippen molar-refractivity contribution < 1.29 is 13.5 Å². The molecule has 0 bridgehead atoms. The molecule has 3 aromatic rings. The number of phenols is 1. The average molecular weight is 418 g/mol. The second-order valence-corrected chi connectivity index (χ2v) is 8.78. The minimum absolute atomic E-state index is 0.111. The van der Waals surface area contributed by atoms with Gasteiger partial charge in [-0.05, 0) is 37.1 Å². The van der Waals surface area contributed by atoms with Gasteiger partial charge in [-0.3, -0.25) is 0 Å². The van der Waals surface area contributed by atoms with Gasteiger partial charge in [0.25, 0.3) is 0 Å². The van der Waals surface area contributed by atoms with E-state index in [1.807, 2.05) is 30.3 Å². The van der Waals surface area contributed by atoms with Crippen molar-refractivity contribution in [2.45, 2.75) is 17.7 Å². The Balaban J connectivity index is 1.61. The van der Waals surface area contributed by atoms with Gasteiger partial charge < -0.3 is 15.7 Å². The van der Waals surface area contributed by atoms with E-state index in [1.54, 1.807) is 12.1 Å². The maximum Gasteiger partial charge on any atom is 0.246 e. The van der Waals surface area contributed by atoms with E-state index in [1.165, 1.54) is 10.4 Å². The van der Waals surface area contributed by atoms with Crippen molar-refractivity contribution in [3.05, 3.63) is 48.5 Å². The summed E-state index contributed by atoms with van der Waals surface area (Å²) in [6, 6.07) is 14.1. The monoisotopic (exact) mass is 417 g/mol. The lowest BCUT2D eigenvalue weighted by Gasteiger charge is -2.18. The first-order valence-corrected chi connectivity index (χ1v) is 11.0. The molecule has 10 heteroatoms. The normalized spacial score (nSPS) is 14.9. The lowest BCUT2D eigenvalue weighted by molar-refractivity contribution is 0.445. The maximum atomic E-state index is 12.8. The average Bonchev–Trinajstić information content (AvgIpc) is 3.37. The standard InChI is InChI=1S/C18H19N5O3S2/c24-16-14(9-6-10-15(16)28(25,26)23-11-4-5-12-23)20-18-17(21-27-22-18)19-13-7-2-1-3-8-13/h1-3,6-10,24H,4-5,11-12H2,(H,19,21)(H,20,22). The predicted molar refractivity (Wildman–Crippen MR) is 109 cm³/mol. The van der Waals surface area contributed by atoms with Gasteiger partial charge in [-0.2, -0.15) is 13.1 Å². The van der Waals surface area contributed by atoms with Crippen LogP contribution in [0, 0.1) is 0 Å². The number of hydrogen-bond donors (Lipinski definition) is 3. The molecule has 0 spiro atoms. The summed E-state index contributed by atoms with van der Waals surface area (Å²) in [5.41, 5.74) is 1.09. The molecule has 1 aliphatic heterocycles. The third-order valence-electron chi connectivity index (χ3n) is 4.46. The van der Waals surface area contributed by atoms with Crippen LogP contribution in [-0.2, 0) is 10.0 Å². The minimum Gasteiger partial charge on any atom is -0.504 e. The van der Waals surface area contributed by atoms with Crippen LogP contribution < -0.4 is 10.6 Å². The van der Waals surface area contributed by atoms with Gasteiger partial charge in [0, 0.05) is 18.8 Å². The smallest absolute Gasteiger partial charge is 0.246 e. The van der Waals surface area contributed by atoms with Crippen molar-refractivity contribution in [3.8, 4) is 5.75 Å². The molecule has 4 rings (SSSR count). The highest BCUT2D eigenvalue weighted by Gasteiger charge is 2.30. The number of hydrogen-bond acceptors (Lipinski definition) is 8. The van der Waals surface area contributed by atoms with Gasteiger partial charge in [-0.15, -0.1) is 0 Å². The molecule has 0 radical (unpaired) electrons. The summed E-state index contributed by atoms with van der Waals surface area (Å²) in [5.74, 6) is 0.566. The van der Waals surface area contributed by atoms with Gasteiger partial charge in [-0.1, -0.05) is 24.3 Å². The molecule has 0 aliphatic carbocycles. The zero-order chi connectivity index (χ0) is 19.6. The Hall–Kier alpha value is -2.69. The Morgan fingerprint density at radius 2 is 1.61 bits per heavy atom. The summed E-state index contributed by atoms with van der Waals surface area (Å²) in [7, 11) is -3.74. The lowest BCUT2D eigenvalue weighted by Crippen LogP contribution is -2.28. The first-order chi connectivity index (χ1) is 13.6. The molecular formula is C18H19N5O3S2. The first-order valence-electron chi connectivity index (χ1n) is 8.79. The Morgan fingerprint density at radius 3 is 2.32 bits per heavy atom. The molecule has 0 atom stereocenters. The zero-order valence-electron chi connectivity index (χ0n) is 14.9. The Bertz CT molecular complexity index is 1060. The fraction of sp³-hybridized carbons (Fsp3) is 0.222. The third-order valence-corrected chi connectivity index (χ3v) is 6.92.